The zero-order chi connectivity index (χ0) is 25.3. The lowest BCUT2D eigenvalue weighted by Crippen LogP contribution is -2.75. The fourth-order valence-electron chi connectivity index (χ4n) is 6.30. The summed E-state index contributed by atoms with van der Waals surface area (Å²) in [5.41, 5.74) is 3.01. The molecule has 4 unspecified atom stereocenters. The van der Waals surface area contributed by atoms with Crippen molar-refractivity contribution in [2.75, 3.05) is 0 Å². The molecule has 1 N–H and O–H groups in total. The Morgan fingerprint density at radius 3 is 1.78 bits per heavy atom. The fraction of sp³-hybridized carbons (Fsp3) is 0.333. The van der Waals surface area contributed by atoms with Gasteiger partial charge in [-0.05, 0) is 75.0 Å². The Bertz CT molecular complexity index is 1180. The first-order chi connectivity index (χ1) is 17.3. The molecule has 4 atom stereocenters. The van der Waals surface area contributed by atoms with Gasteiger partial charge in [-0.1, -0.05) is 102 Å². The van der Waals surface area contributed by atoms with E-state index in [-0.39, 0.29) is 11.6 Å². The van der Waals surface area contributed by atoms with Crippen LogP contribution < -0.4 is 20.1 Å². The molecule has 0 heterocycles. The van der Waals surface area contributed by atoms with Gasteiger partial charge in [-0.15, -0.1) is 0 Å². The monoisotopic (exact) mass is 493 g/mol. The normalized spacial score (nSPS) is 23.5. The second kappa shape index (κ2) is 9.88. The molecule has 0 spiro atoms. The zero-order valence-corrected chi connectivity index (χ0v) is 23.2. The lowest BCUT2D eigenvalue weighted by molar-refractivity contribution is 0.172. The predicted molar refractivity (Wildman–Crippen MR) is 155 cm³/mol. The quantitative estimate of drug-likeness (QED) is 0.405. The van der Waals surface area contributed by atoms with Gasteiger partial charge in [0.2, 0.25) is 0 Å². The lowest BCUT2D eigenvalue weighted by Gasteiger charge is -2.46. The first-order valence-electron chi connectivity index (χ1n) is 13.3. The number of hydrogen-bond donors (Lipinski definition) is 1. The van der Waals surface area contributed by atoms with E-state index in [4.69, 9.17) is 4.74 Å². The van der Waals surface area contributed by atoms with Crippen molar-refractivity contribution in [1.29, 1.82) is 0 Å². The number of benzene rings is 3. The third-order valence-corrected chi connectivity index (χ3v) is 13.1. The summed E-state index contributed by atoms with van der Waals surface area (Å²) >= 11 is 0. The number of nitrogens with one attached hydrogen (secondary N) is 1. The first kappa shape index (κ1) is 24.8. The summed E-state index contributed by atoms with van der Waals surface area (Å²) in [6.45, 7) is 11.3. The molecule has 0 saturated heterocycles. The van der Waals surface area contributed by atoms with Gasteiger partial charge in [0.25, 0.3) is 0 Å². The van der Waals surface area contributed by atoms with Crippen molar-refractivity contribution in [3.63, 3.8) is 0 Å². The van der Waals surface area contributed by atoms with Crippen molar-refractivity contribution in [1.82, 2.24) is 4.98 Å². The second-order valence-electron chi connectivity index (χ2n) is 11.7. The van der Waals surface area contributed by atoms with Crippen molar-refractivity contribution in [3.8, 4) is 5.75 Å². The third kappa shape index (κ3) is 4.87. The van der Waals surface area contributed by atoms with Gasteiger partial charge in [0.15, 0.2) is 8.24 Å². The molecule has 1 saturated carbocycles. The van der Waals surface area contributed by atoms with Gasteiger partial charge in [0.1, 0.15) is 11.9 Å². The highest BCUT2D eigenvalue weighted by Crippen LogP contribution is 2.50. The molecular formula is C33H39NOSi. The number of para-hydroxylation sites is 1. The summed E-state index contributed by atoms with van der Waals surface area (Å²) in [5, 5.41) is 2.91. The van der Waals surface area contributed by atoms with Crippen LogP contribution in [0.15, 0.2) is 103 Å². The van der Waals surface area contributed by atoms with Gasteiger partial charge in [-0.3, -0.25) is 0 Å². The van der Waals surface area contributed by atoms with Crippen LogP contribution >= 0.6 is 0 Å². The number of fused-ring (bicyclic) bond motifs is 1. The molecule has 186 valence electrons. The maximum Gasteiger partial charge on any atom is 0.194 e. The van der Waals surface area contributed by atoms with E-state index < -0.39 is 8.24 Å². The molecule has 3 aromatic rings. The third-order valence-electron chi connectivity index (χ3n) is 7.78. The van der Waals surface area contributed by atoms with Crippen molar-refractivity contribution < 1.29 is 4.74 Å². The molecule has 2 aliphatic carbocycles. The standard InChI is InChI=1S/C33H39NOSi/c1-24-15-19-27(20-16-24)36(34-33(3,4)5,28-21-17-25(2)18-22-28)32-23-31(29-13-9-10-14-30(29)32)35-26-11-7-6-8-12-26/h6-22,29-32,34H,23H2,1-5H3. The van der Waals surface area contributed by atoms with E-state index in [9.17, 15) is 0 Å². The Morgan fingerprint density at radius 2 is 1.25 bits per heavy atom. The van der Waals surface area contributed by atoms with E-state index >= 15 is 0 Å². The Labute approximate surface area is 218 Å². The van der Waals surface area contributed by atoms with Gasteiger partial charge in [-0.25, -0.2) is 0 Å². The van der Waals surface area contributed by atoms with Crippen LogP contribution in [0.3, 0.4) is 0 Å². The van der Waals surface area contributed by atoms with Crippen LogP contribution in [0.25, 0.3) is 0 Å². The molecule has 36 heavy (non-hydrogen) atoms. The summed E-state index contributed by atoms with van der Waals surface area (Å²) in [7, 11) is -2.48. The van der Waals surface area contributed by atoms with E-state index in [0.29, 0.717) is 17.4 Å². The summed E-state index contributed by atoms with van der Waals surface area (Å²) in [4.78, 5) is 4.33. The van der Waals surface area contributed by atoms with Gasteiger partial charge in [0.05, 0.1) is 0 Å². The largest absolute Gasteiger partial charge is 0.490 e. The highest BCUT2D eigenvalue weighted by molar-refractivity contribution is 7.01. The first-order valence-corrected chi connectivity index (χ1v) is 15.3. The van der Waals surface area contributed by atoms with Crippen LogP contribution in [0, 0.1) is 25.7 Å². The van der Waals surface area contributed by atoms with Gasteiger partial charge in [0, 0.05) is 11.5 Å². The van der Waals surface area contributed by atoms with Crippen molar-refractivity contribution in [3.05, 3.63) is 114 Å². The molecule has 0 bridgehead atoms. The predicted octanol–water partition coefficient (Wildman–Crippen LogP) is 6.33. The number of ether oxygens (including phenoxy) is 1. The molecule has 0 radical (unpaired) electrons. The molecule has 0 amide bonds. The zero-order valence-electron chi connectivity index (χ0n) is 22.2. The minimum Gasteiger partial charge on any atom is -0.490 e. The number of allylic oxidation sites excluding steroid dienone is 3. The number of hydrogen-bond acceptors (Lipinski definition) is 2. The molecule has 2 aliphatic rings. The van der Waals surface area contributed by atoms with E-state index in [2.05, 4.69) is 143 Å². The minimum atomic E-state index is -2.48. The summed E-state index contributed by atoms with van der Waals surface area (Å²) < 4.78 is 6.72. The molecule has 1 fully saturated rings. The SMILES string of the molecule is Cc1ccc([Si](NC(C)(C)C)(c2ccc(C)cc2)C2CC(Oc3ccccc3)C3C=CC=CC32)cc1. The summed E-state index contributed by atoms with van der Waals surface area (Å²) in [5.74, 6) is 1.75. The van der Waals surface area contributed by atoms with E-state index in [1.54, 1.807) is 0 Å². The van der Waals surface area contributed by atoms with E-state index in [0.717, 1.165) is 12.2 Å². The number of rotatable bonds is 6. The highest BCUT2D eigenvalue weighted by Gasteiger charge is 2.56. The van der Waals surface area contributed by atoms with Crippen molar-refractivity contribution >= 4 is 18.6 Å². The lowest BCUT2D eigenvalue weighted by atomic mass is 9.90. The van der Waals surface area contributed by atoms with Crippen LogP contribution in [0.1, 0.15) is 38.3 Å². The Morgan fingerprint density at radius 1 is 0.722 bits per heavy atom. The Balaban J connectivity index is 1.68. The molecule has 0 aliphatic heterocycles. The van der Waals surface area contributed by atoms with Crippen molar-refractivity contribution in [2.24, 2.45) is 11.8 Å². The van der Waals surface area contributed by atoms with Crippen LogP contribution in [-0.4, -0.2) is 19.9 Å². The summed E-state index contributed by atoms with van der Waals surface area (Å²) in [6, 6.07) is 29.1. The molecule has 3 heteroatoms. The molecule has 5 rings (SSSR count). The topological polar surface area (TPSA) is 21.3 Å². The average molecular weight is 494 g/mol. The molecule has 3 aromatic carbocycles. The van der Waals surface area contributed by atoms with Crippen molar-refractivity contribution in [2.45, 2.75) is 58.2 Å². The maximum absolute atomic E-state index is 6.72. The van der Waals surface area contributed by atoms with Crippen LogP contribution in [-0.2, 0) is 0 Å². The van der Waals surface area contributed by atoms with E-state index in [1.165, 1.54) is 21.5 Å². The second-order valence-corrected chi connectivity index (χ2v) is 15.4. The minimum absolute atomic E-state index is 0.0376. The smallest absolute Gasteiger partial charge is 0.194 e. The van der Waals surface area contributed by atoms with Gasteiger partial charge < -0.3 is 9.72 Å². The van der Waals surface area contributed by atoms with Crippen LogP contribution in [0.2, 0.25) is 5.54 Å². The van der Waals surface area contributed by atoms with Crippen LogP contribution in [0.4, 0.5) is 0 Å². The Kier molecular flexibility index (Phi) is 6.80. The maximum atomic E-state index is 6.72. The van der Waals surface area contributed by atoms with Crippen LogP contribution in [0.5, 0.6) is 5.75 Å². The fourth-order valence-corrected chi connectivity index (χ4v) is 12.0. The summed E-state index contributed by atoms with van der Waals surface area (Å²) in [6.07, 6.45) is 10.5. The van der Waals surface area contributed by atoms with E-state index in [1.807, 2.05) is 0 Å². The Hall–Kier alpha value is -2.88. The van der Waals surface area contributed by atoms with Gasteiger partial charge >= 0.3 is 0 Å². The number of aryl methyl sites for hydroxylation is 2. The van der Waals surface area contributed by atoms with Gasteiger partial charge in [-0.2, -0.15) is 0 Å². The molecular weight excluding hydrogens is 454 g/mol. The highest BCUT2D eigenvalue weighted by atomic mass is 28.3. The average Bonchev–Trinajstić information content (AvgIpc) is 3.22. The molecule has 2 nitrogen and oxygen atoms in total. The molecule has 0 aromatic heterocycles.